The predicted octanol–water partition coefficient (Wildman–Crippen LogP) is 6.80. The molecule has 0 fully saturated rings. The number of rotatable bonds is 11. The molecule has 15 nitrogen and oxygen atoms in total. The Morgan fingerprint density at radius 3 is 1.70 bits per heavy atom. The largest absolute Gasteiger partial charge is 0.387 e. The molecule has 0 radical (unpaired) electrons. The summed E-state index contributed by atoms with van der Waals surface area (Å²) in [6, 6.07) is 11.2. The minimum absolute atomic E-state index is 0.145. The van der Waals surface area contributed by atoms with Gasteiger partial charge in [-0.05, 0) is 36.8 Å². The van der Waals surface area contributed by atoms with Crippen LogP contribution in [0.3, 0.4) is 0 Å². The first-order chi connectivity index (χ1) is 23.4. The fraction of sp³-hybridized carbons (Fsp3) is 0.192. The van der Waals surface area contributed by atoms with Crippen LogP contribution < -0.4 is 30.1 Å². The number of nitrogens with zero attached hydrogens (tertiary/aromatic N) is 3. The van der Waals surface area contributed by atoms with Crippen LogP contribution in [-0.4, -0.2) is 67.6 Å². The topological polar surface area (TPSA) is 213 Å². The van der Waals surface area contributed by atoms with Gasteiger partial charge in [-0.2, -0.15) is 0 Å². The van der Waals surface area contributed by atoms with Crippen molar-refractivity contribution in [2.75, 3.05) is 57.5 Å². The van der Waals surface area contributed by atoms with Gasteiger partial charge in [-0.15, -0.1) is 11.3 Å². The molecule has 5 aromatic rings. The van der Waals surface area contributed by atoms with Crippen molar-refractivity contribution in [3.8, 4) is 0 Å². The van der Waals surface area contributed by atoms with Crippen LogP contribution in [0.25, 0.3) is 0 Å². The molecule has 0 unspecified atom stereocenters. The summed E-state index contributed by atoms with van der Waals surface area (Å²) in [6.07, 6.45) is 2.59. The maximum atomic E-state index is 12.2. The number of aromatic nitrogens is 3. The zero-order valence-corrected chi connectivity index (χ0v) is 33.7. The van der Waals surface area contributed by atoms with E-state index in [9.17, 15) is 25.3 Å². The summed E-state index contributed by atoms with van der Waals surface area (Å²) >= 11 is 21.0. The fourth-order valence-corrected chi connectivity index (χ4v) is 10.1. The molecule has 0 aliphatic carbocycles. The number of hydrogen-bond acceptors (Lipinski definition) is 15. The summed E-state index contributed by atoms with van der Waals surface area (Å²) in [4.78, 5) is 11.9. The normalized spacial score (nSPS) is 11.3. The van der Waals surface area contributed by atoms with E-state index in [1.165, 1.54) is 35.7 Å². The third kappa shape index (κ3) is 12.0. The van der Waals surface area contributed by atoms with Gasteiger partial charge in [-0.25, -0.2) is 40.2 Å². The molecule has 5 rings (SSSR count). The highest BCUT2D eigenvalue weighted by Crippen LogP contribution is 2.33. The number of benzene rings is 2. The number of nitrogens with one attached hydrogen (secondary N) is 6. The number of anilines is 6. The molecule has 0 atom stereocenters. The van der Waals surface area contributed by atoms with Gasteiger partial charge in [-0.3, -0.25) is 14.2 Å². The summed E-state index contributed by atoms with van der Waals surface area (Å²) in [6.45, 7) is 1.72. The van der Waals surface area contributed by atoms with Crippen molar-refractivity contribution in [1.82, 2.24) is 15.0 Å². The van der Waals surface area contributed by atoms with E-state index in [0.29, 0.717) is 31.4 Å². The van der Waals surface area contributed by atoms with E-state index in [4.69, 9.17) is 34.8 Å². The Bertz CT molecular complexity index is 2220. The number of thiazole rings is 3. The molecule has 0 aliphatic rings. The Kier molecular flexibility index (Phi) is 14.7. The van der Waals surface area contributed by atoms with Gasteiger partial charge < -0.3 is 16.0 Å². The first kappa shape index (κ1) is 41.3. The van der Waals surface area contributed by atoms with Crippen LogP contribution in [0.4, 0.5) is 31.1 Å². The average Bonchev–Trinajstić information content (AvgIpc) is 3.77. The Balaban J connectivity index is 0.000000207. The van der Waals surface area contributed by atoms with E-state index in [-0.39, 0.29) is 30.4 Å². The molecule has 272 valence electrons. The van der Waals surface area contributed by atoms with E-state index < -0.39 is 30.1 Å². The van der Waals surface area contributed by atoms with E-state index in [1.54, 1.807) is 57.7 Å². The molecule has 0 saturated heterocycles. The van der Waals surface area contributed by atoms with Gasteiger partial charge in [0.05, 0.1) is 26.8 Å². The lowest BCUT2D eigenvalue weighted by atomic mass is 10.2. The third-order valence-electron chi connectivity index (χ3n) is 5.65. The number of halogens is 3. The zero-order chi connectivity index (χ0) is 37.3. The first-order valence-corrected chi connectivity index (χ1v) is 22.0. The van der Waals surface area contributed by atoms with Gasteiger partial charge in [0.25, 0.3) is 20.0 Å². The van der Waals surface area contributed by atoms with Gasteiger partial charge in [0.15, 0.2) is 25.7 Å². The molecule has 0 bridgehead atoms. The van der Waals surface area contributed by atoms with Gasteiger partial charge in [0.2, 0.25) is 10.0 Å². The van der Waals surface area contributed by atoms with Crippen LogP contribution in [0.2, 0.25) is 15.3 Å². The van der Waals surface area contributed by atoms with Crippen molar-refractivity contribution in [3.63, 3.8) is 0 Å². The molecule has 0 saturated carbocycles. The molecule has 6 N–H and O–H groups in total. The van der Waals surface area contributed by atoms with Crippen LogP contribution >= 0.6 is 68.8 Å². The maximum absolute atomic E-state index is 12.2. The van der Waals surface area contributed by atoms with Crippen molar-refractivity contribution in [2.24, 2.45) is 0 Å². The summed E-state index contributed by atoms with van der Waals surface area (Å²) in [5, 5.41) is 13.1. The summed E-state index contributed by atoms with van der Waals surface area (Å²) < 4.78 is 77.1. The molecule has 50 heavy (non-hydrogen) atoms. The highest BCUT2D eigenvalue weighted by molar-refractivity contribution is 7.93. The predicted molar refractivity (Wildman–Crippen MR) is 208 cm³/mol. The first-order valence-electron chi connectivity index (χ1n) is 13.5. The van der Waals surface area contributed by atoms with Gasteiger partial charge in [0.1, 0.15) is 10.0 Å². The molecule has 2 aromatic carbocycles. The molecule has 0 amide bonds. The Morgan fingerprint density at radius 2 is 1.24 bits per heavy atom. The van der Waals surface area contributed by atoms with E-state index in [2.05, 4.69) is 45.1 Å². The van der Waals surface area contributed by atoms with E-state index in [0.717, 1.165) is 28.9 Å². The zero-order valence-electron chi connectivity index (χ0n) is 26.6. The smallest absolute Gasteiger partial charge is 0.263 e. The molecular formula is C26H30Cl3N9O6S6. The van der Waals surface area contributed by atoms with Crippen molar-refractivity contribution in [3.05, 3.63) is 74.9 Å². The van der Waals surface area contributed by atoms with Crippen molar-refractivity contribution in [2.45, 2.75) is 16.7 Å². The van der Waals surface area contributed by atoms with Crippen LogP contribution in [0.1, 0.15) is 5.56 Å². The molecule has 24 heteroatoms. The molecule has 3 aromatic heterocycles. The lowest BCUT2D eigenvalue weighted by molar-refractivity contribution is 0.599. The monoisotopic (exact) mass is 861 g/mol. The van der Waals surface area contributed by atoms with Crippen molar-refractivity contribution >= 4 is 130 Å². The standard InChI is InChI=1S/C11H12ClN3O2S2.C10H10ClN3O2S2.C5H8ClN3O2S2/c1-7-5-9(13-2)8(12)6-10(7)19(16,17)15-11-14-3-4-18-11;1-12-9-8(11)13-10(17-9)14-18(15,16)7-5-3-2-4-6-7;1-7-4-3(6)8-5(12-4)9-13(2,10)11/h3-6,13H,1-2H3,(H,14,15);2-6,12H,1H3,(H,13,14);7H,1-2H3,(H,8,9). The number of sulfonamides is 3. The van der Waals surface area contributed by atoms with Gasteiger partial charge >= 0.3 is 0 Å². The Morgan fingerprint density at radius 1 is 0.700 bits per heavy atom. The quantitative estimate of drug-likeness (QED) is 0.0810. The molecule has 3 heterocycles. The third-order valence-corrected chi connectivity index (χ3v) is 13.2. The SMILES string of the molecule is CNc1cc(C)c(S(=O)(=O)Nc2nccs2)cc1Cl.CNc1sc(NS(=O)(=O)c2ccccc2)nc1Cl.CNc1sc(NS(C)(=O)=O)nc1Cl. The van der Waals surface area contributed by atoms with Gasteiger partial charge in [0, 0.05) is 32.7 Å². The second-order valence-electron chi connectivity index (χ2n) is 9.36. The highest BCUT2D eigenvalue weighted by atomic mass is 35.5. The molecular weight excluding hydrogens is 833 g/mol. The lowest BCUT2D eigenvalue weighted by Gasteiger charge is -2.11. The minimum atomic E-state index is -3.68. The Hall–Kier alpha value is -3.15. The number of aryl methyl sites for hydroxylation is 1. The second kappa shape index (κ2) is 17.9. The fourth-order valence-electron chi connectivity index (χ4n) is 3.52. The van der Waals surface area contributed by atoms with Crippen LogP contribution in [0.5, 0.6) is 0 Å². The number of hydrogen-bond donors (Lipinski definition) is 6. The van der Waals surface area contributed by atoms with Crippen LogP contribution in [0.15, 0.2) is 63.8 Å². The minimum Gasteiger partial charge on any atom is -0.387 e. The van der Waals surface area contributed by atoms with E-state index in [1.807, 2.05) is 0 Å². The Labute approximate surface area is 317 Å². The van der Waals surface area contributed by atoms with Crippen LogP contribution in [-0.2, 0) is 30.1 Å². The van der Waals surface area contributed by atoms with Crippen LogP contribution in [0, 0.1) is 6.92 Å². The van der Waals surface area contributed by atoms with E-state index >= 15 is 0 Å². The average molecular weight is 863 g/mol. The van der Waals surface area contributed by atoms with Gasteiger partial charge in [-0.1, -0.05) is 75.7 Å². The van der Waals surface area contributed by atoms with Crippen molar-refractivity contribution < 1.29 is 25.3 Å². The second-order valence-corrected chi connectivity index (χ2v) is 18.5. The highest BCUT2D eigenvalue weighted by Gasteiger charge is 2.20. The summed E-state index contributed by atoms with van der Waals surface area (Å²) in [5.41, 5.74) is 1.30. The maximum Gasteiger partial charge on any atom is 0.263 e. The lowest BCUT2D eigenvalue weighted by Crippen LogP contribution is -2.14. The summed E-state index contributed by atoms with van der Waals surface area (Å²) in [5.74, 6) is 0. The molecule has 0 spiro atoms. The van der Waals surface area contributed by atoms with Crippen molar-refractivity contribution in [1.29, 1.82) is 0 Å². The summed E-state index contributed by atoms with van der Waals surface area (Å²) in [7, 11) is -5.47. The molecule has 0 aliphatic heterocycles.